The van der Waals surface area contributed by atoms with E-state index >= 15 is 0 Å². The molecule has 2 N–H and O–H groups in total. The largest absolute Gasteiger partial charge is 0.466 e. The van der Waals surface area contributed by atoms with E-state index in [-0.39, 0.29) is 27.7 Å². The van der Waals surface area contributed by atoms with Crippen LogP contribution in [0.5, 0.6) is 5.88 Å². The first-order valence-corrected chi connectivity index (χ1v) is 11.1. The second kappa shape index (κ2) is 10.6. The normalized spacial score (nSPS) is 10.6. The van der Waals surface area contributed by atoms with Crippen LogP contribution < -0.4 is 15.4 Å². The van der Waals surface area contributed by atoms with Crippen LogP contribution in [0.3, 0.4) is 0 Å². The molecule has 0 spiro atoms. The standard InChI is InChI=1S/C23H17Cl3N6O2/c1-13-4-5-17(29-20(33)12-34-22-21(26)15(24)10-19(25)32-22)18(9-13)31-23-28-8-6-16(30-23)14-3-2-7-27-11-14/h2-11H,12H2,1H3,(H,29,33)(H,28,30,31). The number of carbonyl (C=O) groups excluding carboxylic acids is 1. The summed E-state index contributed by atoms with van der Waals surface area (Å²) in [4.78, 5) is 29.4. The molecule has 0 bridgehead atoms. The average molecular weight is 516 g/mol. The second-order valence-electron chi connectivity index (χ2n) is 7.06. The van der Waals surface area contributed by atoms with Crippen molar-refractivity contribution >= 4 is 58.0 Å². The molecule has 0 saturated heterocycles. The predicted octanol–water partition coefficient (Wildman–Crippen LogP) is 5.96. The monoisotopic (exact) mass is 514 g/mol. The average Bonchev–Trinajstić information content (AvgIpc) is 2.83. The maximum atomic E-state index is 12.6. The zero-order chi connectivity index (χ0) is 24.1. The van der Waals surface area contributed by atoms with Crippen molar-refractivity contribution in [2.45, 2.75) is 6.92 Å². The van der Waals surface area contributed by atoms with Crippen molar-refractivity contribution in [2.24, 2.45) is 0 Å². The summed E-state index contributed by atoms with van der Waals surface area (Å²) in [5, 5.41) is 6.30. The van der Waals surface area contributed by atoms with Crippen molar-refractivity contribution in [1.82, 2.24) is 19.9 Å². The number of aryl methyl sites for hydroxylation is 1. The first kappa shape index (κ1) is 23.7. The van der Waals surface area contributed by atoms with E-state index < -0.39 is 5.91 Å². The third kappa shape index (κ3) is 5.91. The van der Waals surface area contributed by atoms with Crippen molar-refractivity contribution in [2.75, 3.05) is 17.2 Å². The molecule has 0 atom stereocenters. The Kier molecular flexibility index (Phi) is 7.42. The number of amides is 1. The first-order valence-electron chi connectivity index (χ1n) is 9.94. The lowest BCUT2D eigenvalue weighted by Gasteiger charge is -2.14. The first-order chi connectivity index (χ1) is 16.4. The topological polar surface area (TPSA) is 102 Å². The number of carbonyl (C=O) groups is 1. The van der Waals surface area contributed by atoms with Gasteiger partial charge in [-0.25, -0.2) is 15.0 Å². The summed E-state index contributed by atoms with van der Waals surface area (Å²) in [6.07, 6.45) is 5.06. The van der Waals surface area contributed by atoms with E-state index in [0.29, 0.717) is 23.0 Å². The number of pyridine rings is 2. The minimum absolute atomic E-state index is 0.0304. The molecule has 3 heterocycles. The van der Waals surface area contributed by atoms with Crippen molar-refractivity contribution < 1.29 is 9.53 Å². The van der Waals surface area contributed by atoms with E-state index in [1.807, 2.05) is 31.2 Å². The fraction of sp³-hybridized carbons (Fsp3) is 0.0870. The Labute approximate surface area is 210 Å². The summed E-state index contributed by atoms with van der Waals surface area (Å²) < 4.78 is 5.40. The highest BCUT2D eigenvalue weighted by Crippen LogP contribution is 2.32. The molecule has 1 amide bonds. The van der Waals surface area contributed by atoms with Gasteiger partial charge in [-0.1, -0.05) is 40.9 Å². The van der Waals surface area contributed by atoms with Gasteiger partial charge in [0, 0.05) is 24.2 Å². The highest BCUT2D eigenvalue weighted by molar-refractivity contribution is 6.43. The van der Waals surface area contributed by atoms with Crippen LogP contribution in [-0.4, -0.2) is 32.4 Å². The summed E-state index contributed by atoms with van der Waals surface area (Å²) in [7, 11) is 0. The van der Waals surface area contributed by atoms with Crippen molar-refractivity contribution in [3.8, 4) is 17.1 Å². The number of rotatable bonds is 7. The van der Waals surface area contributed by atoms with Crippen LogP contribution in [0.25, 0.3) is 11.3 Å². The fourth-order valence-electron chi connectivity index (χ4n) is 2.95. The van der Waals surface area contributed by atoms with Gasteiger partial charge < -0.3 is 15.4 Å². The van der Waals surface area contributed by atoms with E-state index in [2.05, 4.69) is 30.6 Å². The molecule has 0 saturated carbocycles. The number of benzene rings is 1. The van der Waals surface area contributed by atoms with Gasteiger partial charge in [0.05, 0.1) is 22.1 Å². The van der Waals surface area contributed by atoms with Crippen LogP contribution in [0.4, 0.5) is 17.3 Å². The lowest BCUT2D eigenvalue weighted by Crippen LogP contribution is -2.21. The van der Waals surface area contributed by atoms with E-state index in [9.17, 15) is 4.79 Å². The maximum Gasteiger partial charge on any atom is 0.262 e. The minimum atomic E-state index is -0.439. The third-order valence-corrected chi connectivity index (χ3v) is 5.45. The van der Waals surface area contributed by atoms with Crippen LogP contribution >= 0.6 is 34.8 Å². The van der Waals surface area contributed by atoms with E-state index in [1.54, 1.807) is 30.7 Å². The summed E-state index contributed by atoms with van der Waals surface area (Å²) in [5.74, 6) is -0.105. The number of aromatic nitrogens is 4. The number of nitrogens with zero attached hydrogens (tertiary/aromatic N) is 4. The molecule has 8 nitrogen and oxygen atoms in total. The molecule has 0 aliphatic heterocycles. The molecular formula is C23H17Cl3N6O2. The van der Waals surface area contributed by atoms with Crippen molar-refractivity contribution in [1.29, 1.82) is 0 Å². The molecule has 3 aromatic heterocycles. The van der Waals surface area contributed by atoms with Crippen molar-refractivity contribution in [3.05, 3.63) is 81.8 Å². The highest BCUT2D eigenvalue weighted by atomic mass is 35.5. The molecule has 172 valence electrons. The number of nitrogens with one attached hydrogen (secondary N) is 2. The quantitative estimate of drug-likeness (QED) is 0.293. The van der Waals surface area contributed by atoms with Gasteiger partial charge in [0.2, 0.25) is 11.8 Å². The molecule has 0 aliphatic rings. The van der Waals surface area contributed by atoms with E-state index in [0.717, 1.165) is 11.1 Å². The van der Waals surface area contributed by atoms with Gasteiger partial charge in [-0.3, -0.25) is 9.78 Å². The fourth-order valence-corrected chi connectivity index (χ4v) is 3.53. The Bertz CT molecular complexity index is 1340. The molecule has 0 unspecified atom stereocenters. The number of halogens is 3. The number of anilines is 3. The Morgan fingerprint density at radius 1 is 1.03 bits per heavy atom. The molecule has 0 radical (unpaired) electrons. The summed E-state index contributed by atoms with van der Waals surface area (Å²) in [6, 6.07) is 12.4. The van der Waals surface area contributed by atoms with Gasteiger partial charge in [-0.2, -0.15) is 0 Å². The van der Waals surface area contributed by atoms with Crippen LogP contribution in [0.2, 0.25) is 15.2 Å². The predicted molar refractivity (Wildman–Crippen MR) is 133 cm³/mol. The molecule has 1 aromatic carbocycles. The summed E-state index contributed by atoms with van der Waals surface area (Å²) in [5.41, 5.74) is 3.67. The van der Waals surface area contributed by atoms with Gasteiger partial charge in [-0.15, -0.1) is 0 Å². The SMILES string of the molecule is Cc1ccc(NC(=O)COc2nc(Cl)cc(Cl)c2Cl)c(Nc2nccc(-c3cccnc3)n2)c1. The lowest BCUT2D eigenvalue weighted by atomic mass is 10.2. The molecule has 34 heavy (non-hydrogen) atoms. The van der Waals surface area contributed by atoms with Gasteiger partial charge in [0.15, 0.2) is 6.61 Å². The van der Waals surface area contributed by atoms with E-state index in [4.69, 9.17) is 39.5 Å². The van der Waals surface area contributed by atoms with Crippen molar-refractivity contribution in [3.63, 3.8) is 0 Å². The van der Waals surface area contributed by atoms with Gasteiger partial charge >= 0.3 is 0 Å². The van der Waals surface area contributed by atoms with Crippen LogP contribution in [0.15, 0.2) is 61.1 Å². The molecule has 0 aliphatic carbocycles. The molecule has 11 heteroatoms. The molecule has 0 fully saturated rings. The number of hydrogen-bond acceptors (Lipinski definition) is 7. The Morgan fingerprint density at radius 2 is 1.88 bits per heavy atom. The minimum Gasteiger partial charge on any atom is -0.466 e. The van der Waals surface area contributed by atoms with Crippen LogP contribution in [-0.2, 0) is 4.79 Å². The number of hydrogen-bond donors (Lipinski definition) is 2. The van der Waals surface area contributed by atoms with Crippen LogP contribution in [0.1, 0.15) is 5.56 Å². The molecule has 4 rings (SSSR count). The van der Waals surface area contributed by atoms with Gasteiger partial charge in [0.25, 0.3) is 5.91 Å². The number of ether oxygens (including phenoxy) is 1. The molecule has 4 aromatic rings. The Morgan fingerprint density at radius 3 is 2.68 bits per heavy atom. The third-order valence-electron chi connectivity index (χ3n) is 4.50. The Hall–Kier alpha value is -3.46. The zero-order valence-corrected chi connectivity index (χ0v) is 20.0. The molecular weight excluding hydrogens is 499 g/mol. The van der Waals surface area contributed by atoms with Gasteiger partial charge in [0.1, 0.15) is 10.2 Å². The highest BCUT2D eigenvalue weighted by Gasteiger charge is 2.14. The summed E-state index contributed by atoms with van der Waals surface area (Å²) >= 11 is 17.9. The van der Waals surface area contributed by atoms with Gasteiger partial charge in [-0.05, 0) is 48.9 Å². The zero-order valence-electron chi connectivity index (χ0n) is 17.7. The maximum absolute atomic E-state index is 12.6. The second-order valence-corrected chi connectivity index (χ2v) is 8.24. The lowest BCUT2D eigenvalue weighted by molar-refractivity contribution is -0.118. The summed E-state index contributed by atoms with van der Waals surface area (Å²) in [6.45, 7) is 1.58. The smallest absolute Gasteiger partial charge is 0.262 e. The van der Waals surface area contributed by atoms with Crippen LogP contribution in [0, 0.1) is 6.92 Å². The Balaban J connectivity index is 1.49. The van der Waals surface area contributed by atoms with E-state index in [1.165, 1.54) is 6.07 Å².